The summed E-state index contributed by atoms with van der Waals surface area (Å²) >= 11 is 0. The quantitative estimate of drug-likeness (QED) is 0.653. The first-order chi connectivity index (χ1) is 16.3. The lowest BCUT2D eigenvalue weighted by atomic mass is 9.94. The molecule has 2 unspecified atom stereocenters. The molecule has 0 radical (unpaired) electrons. The molecule has 1 aromatic rings. The van der Waals surface area contributed by atoms with Crippen molar-refractivity contribution in [3.8, 4) is 5.75 Å². The van der Waals surface area contributed by atoms with Gasteiger partial charge in [-0.2, -0.15) is 4.31 Å². The molecule has 188 valence electrons. The van der Waals surface area contributed by atoms with E-state index in [1.54, 1.807) is 13.0 Å². The number of hydrogen-bond donors (Lipinski definition) is 2. The summed E-state index contributed by atoms with van der Waals surface area (Å²) in [5.41, 5.74) is 1.03. The Labute approximate surface area is 202 Å². The third-order valence-corrected chi connectivity index (χ3v) is 9.30. The molecular weight excluding hydrogens is 454 g/mol. The van der Waals surface area contributed by atoms with Crippen molar-refractivity contribution in [1.29, 1.82) is 0 Å². The maximum absolute atomic E-state index is 13.6. The second-order valence-electron chi connectivity index (χ2n) is 9.87. The number of aryl methyl sites for hydroxylation is 1. The van der Waals surface area contributed by atoms with E-state index in [1.165, 1.54) is 29.6 Å². The molecule has 1 saturated carbocycles. The highest BCUT2D eigenvalue weighted by Gasteiger charge is 2.36. The minimum absolute atomic E-state index is 0.0236. The van der Waals surface area contributed by atoms with E-state index >= 15 is 0 Å². The Morgan fingerprint density at radius 1 is 1.12 bits per heavy atom. The molecule has 4 rings (SSSR count). The van der Waals surface area contributed by atoms with Crippen molar-refractivity contribution in [1.82, 2.24) is 9.62 Å². The molecule has 0 spiro atoms. The van der Waals surface area contributed by atoms with E-state index in [4.69, 9.17) is 4.74 Å². The van der Waals surface area contributed by atoms with Crippen LogP contribution >= 0.6 is 0 Å². The van der Waals surface area contributed by atoms with E-state index in [1.807, 2.05) is 6.92 Å². The molecule has 2 N–H and O–H groups in total. The molecule has 2 fully saturated rings. The zero-order valence-corrected chi connectivity index (χ0v) is 21.1. The molecule has 8 nitrogen and oxygen atoms in total. The van der Waals surface area contributed by atoms with Crippen LogP contribution in [0.1, 0.15) is 76.7 Å². The summed E-state index contributed by atoms with van der Waals surface area (Å²) in [5.74, 6) is -0.221. The van der Waals surface area contributed by atoms with Gasteiger partial charge in [0.05, 0.1) is 16.5 Å². The number of piperidine rings is 1. The number of benzene rings is 1. The van der Waals surface area contributed by atoms with Crippen LogP contribution in [0.25, 0.3) is 0 Å². The number of sulfonamides is 1. The molecule has 2 atom stereocenters. The van der Waals surface area contributed by atoms with Crippen LogP contribution in [-0.2, 0) is 19.6 Å². The van der Waals surface area contributed by atoms with Gasteiger partial charge >= 0.3 is 0 Å². The van der Waals surface area contributed by atoms with Gasteiger partial charge in [-0.25, -0.2) is 8.42 Å². The van der Waals surface area contributed by atoms with Crippen LogP contribution in [0.5, 0.6) is 5.75 Å². The summed E-state index contributed by atoms with van der Waals surface area (Å²) in [6.45, 7) is 4.14. The Hall–Kier alpha value is -2.13. The van der Waals surface area contributed by atoms with E-state index < -0.39 is 16.1 Å². The fourth-order valence-electron chi connectivity index (χ4n) is 5.26. The average molecular weight is 492 g/mol. The van der Waals surface area contributed by atoms with Crippen LogP contribution in [0.4, 0.5) is 5.69 Å². The lowest BCUT2D eigenvalue weighted by molar-refractivity contribution is -0.127. The number of nitrogens with zero attached hydrogens (tertiary/aromatic N) is 1. The van der Waals surface area contributed by atoms with E-state index in [0.29, 0.717) is 42.8 Å². The van der Waals surface area contributed by atoms with E-state index in [2.05, 4.69) is 10.6 Å². The molecule has 0 bridgehead atoms. The molecule has 2 amide bonds. The Morgan fingerprint density at radius 3 is 2.53 bits per heavy atom. The van der Waals surface area contributed by atoms with Crippen molar-refractivity contribution in [3.05, 3.63) is 17.7 Å². The summed E-state index contributed by atoms with van der Waals surface area (Å²) in [6, 6.07) is 3.36. The summed E-state index contributed by atoms with van der Waals surface area (Å²) in [7, 11) is -3.81. The van der Waals surface area contributed by atoms with Crippen molar-refractivity contribution < 1.29 is 22.7 Å². The van der Waals surface area contributed by atoms with Crippen LogP contribution in [0.3, 0.4) is 0 Å². The molecule has 2 heterocycles. The van der Waals surface area contributed by atoms with Gasteiger partial charge in [0.2, 0.25) is 15.9 Å². The van der Waals surface area contributed by atoms with Gasteiger partial charge < -0.3 is 15.4 Å². The van der Waals surface area contributed by atoms with Gasteiger partial charge in [-0.1, -0.05) is 39.0 Å². The molecule has 1 aliphatic carbocycles. The molecule has 34 heavy (non-hydrogen) atoms. The van der Waals surface area contributed by atoms with Gasteiger partial charge in [-0.3, -0.25) is 9.59 Å². The topological polar surface area (TPSA) is 105 Å². The van der Waals surface area contributed by atoms with Crippen molar-refractivity contribution in [3.63, 3.8) is 0 Å². The van der Waals surface area contributed by atoms with Gasteiger partial charge in [-0.05, 0) is 50.7 Å². The van der Waals surface area contributed by atoms with Gasteiger partial charge in [0, 0.05) is 25.2 Å². The fraction of sp³-hybridized carbons (Fsp3) is 0.680. The van der Waals surface area contributed by atoms with Crippen molar-refractivity contribution in [2.24, 2.45) is 5.92 Å². The van der Waals surface area contributed by atoms with Crippen LogP contribution in [-0.4, -0.2) is 49.8 Å². The first-order valence-corrected chi connectivity index (χ1v) is 14.2. The maximum atomic E-state index is 13.6. The lowest BCUT2D eigenvalue weighted by Crippen LogP contribution is -2.47. The van der Waals surface area contributed by atoms with Crippen molar-refractivity contribution >= 4 is 27.5 Å². The maximum Gasteiger partial charge on any atom is 0.265 e. The van der Waals surface area contributed by atoms with Crippen molar-refractivity contribution in [2.75, 3.05) is 18.4 Å². The second-order valence-corrected chi connectivity index (χ2v) is 11.8. The minimum atomic E-state index is -3.81. The highest BCUT2D eigenvalue weighted by atomic mass is 32.2. The summed E-state index contributed by atoms with van der Waals surface area (Å²) < 4.78 is 34.4. The van der Waals surface area contributed by atoms with Crippen LogP contribution in [0, 0.1) is 12.8 Å². The molecule has 0 aromatic heterocycles. The fourth-order valence-corrected chi connectivity index (χ4v) is 7.01. The predicted molar refractivity (Wildman–Crippen MR) is 130 cm³/mol. The standard InChI is InChI=1S/C25H37N3O5S/c1-3-21-25(30)27-20-14-17(2)23(15-22(20)33-21)34(31,32)28-13-9-10-18(16-28)24(29)26-19-11-7-5-4-6-8-12-19/h14-15,18-19,21H,3-13,16H2,1-2H3,(H,26,29)(H,27,30). The number of anilines is 1. The van der Waals surface area contributed by atoms with Gasteiger partial charge in [0.1, 0.15) is 5.75 Å². The molecule has 1 aromatic carbocycles. The number of nitrogens with one attached hydrogen (secondary N) is 2. The Bertz CT molecular complexity index is 1020. The van der Waals surface area contributed by atoms with Crippen molar-refractivity contribution in [2.45, 2.75) is 95.1 Å². The average Bonchev–Trinajstić information content (AvgIpc) is 2.80. The molecule has 1 saturated heterocycles. The highest BCUT2D eigenvalue weighted by Crippen LogP contribution is 2.36. The SMILES string of the molecule is CCC1Oc2cc(S(=O)(=O)N3CCCC(C(=O)NC4CCCCCCC4)C3)c(C)cc2NC1=O. The second kappa shape index (κ2) is 10.6. The smallest absolute Gasteiger partial charge is 0.265 e. The van der Waals surface area contributed by atoms with Gasteiger partial charge in [0.15, 0.2) is 6.10 Å². The Kier molecular flexibility index (Phi) is 7.82. The first-order valence-electron chi connectivity index (χ1n) is 12.7. The van der Waals surface area contributed by atoms with Gasteiger partial charge in [-0.15, -0.1) is 0 Å². The van der Waals surface area contributed by atoms with Crippen LogP contribution < -0.4 is 15.4 Å². The monoisotopic (exact) mass is 491 g/mol. The molecular formula is C25H37N3O5S. The third kappa shape index (κ3) is 5.40. The number of ether oxygens (including phenoxy) is 1. The number of amides is 2. The molecule has 3 aliphatic rings. The summed E-state index contributed by atoms with van der Waals surface area (Å²) in [6.07, 6.45) is 9.18. The number of fused-ring (bicyclic) bond motifs is 1. The predicted octanol–water partition coefficient (Wildman–Crippen LogP) is 3.73. The summed E-state index contributed by atoms with van der Waals surface area (Å²) in [4.78, 5) is 25.3. The number of hydrogen-bond acceptors (Lipinski definition) is 5. The molecule has 2 aliphatic heterocycles. The normalized spacial score (nSPS) is 24.8. The number of carbonyl (C=O) groups is 2. The molecule has 9 heteroatoms. The minimum Gasteiger partial charge on any atom is -0.478 e. The number of carbonyl (C=O) groups excluding carboxylic acids is 2. The third-order valence-electron chi connectivity index (χ3n) is 7.29. The highest BCUT2D eigenvalue weighted by molar-refractivity contribution is 7.89. The Morgan fingerprint density at radius 2 is 1.82 bits per heavy atom. The zero-order chi connectivity index (χ0) is 24.3. The summed E-state index contributed by atoms with van der Waals surface area (Å²) in [5, 5.41) is 6.02. The van der Waals surface area contributed by atoms with Crippen LogP contribution in [0.15, 0.2) is 17.0 Å². The zero-order valence-electron chi connectivity index (χ0n) is 20.3. The lowest BCUT2D eigenvalue weighted by Gasteiger charge is -2.33. The Balaban J connectivity index is 1.48. The largest absolute Gasteiger partial charge is 0.478 e. The van der Waals surface area contributed by atoms with Crippen LogP contribution in [0.2, 0.25) is 0 Å². The van der Waals surface area contributed by atoms with E-state index in [-0.39, 0.29) is 35.2 Å². The van der Waals surface area contributed by atoms with Gasteiger partial charge in [0.25, 0.3) is 5.91 Å². The first kappa shape index (κ1) is 25.0. The van der Waals surface area contributed by atoms with E-state index in [9.17, 15) is 18.0 Å². The number of rotatable bonds is 5. The van der Waals surface area contributed by atoms with E-state index in [0.717, 1.165) is 25.7 Å².